The minimum atomic E-state index is 0.787. The molecule has 2 aromatic rings. The van der Waals surface area contributed by atoms with Crippen LogP contribution in [0.5, 0.6) is 0 Å². The van der Waals surface area contributed by atoms with E-state index in [1.54, 1.807) is 0 Å². The van der Waals surface area contributed by atoms with Gasteiger partial charge in [0.1, 0.15) is 0 Å². The van der Waals surface area contributed by atoms with E-state index in [2.05, 4.69) is 49.1 Å². The van der Waals surface area contributed by atoms with Crippen LogP contribution in [0.2, 0.25) is 5.02 Å². The van der Waals surface area contributed by atoms with E-state index >= 15 is 0 Å². The zero-order valence-corrected chi connectivity index (χ0v) is 15.6. The van der Waals surface area contributed by atoms with Crippen molar-refractivity contribution in [3.8, 4) is 0 Å². The van der Waals surface area contributed by atoms with Gasteiger partial charge in [0.2, 0.25) is 0 Å². The summed E-state index contributed by atoms with van der Waals surface area (Å²) >= 11 is 6.04. The summed E-state index contributed by atoms with van der Waals surface area (Å²) in [4.78, 5) is 2.38. The first-order chi connectivity index (χ1) is 11.7. The first-order valence-corrected chi connectivity index (χ1v) is 9.21. The third kappa shape index (κ3) is 6.64. The Kier molecular flexibility index (Phi) is 8.31. The van der Waals surface area contributed by atoms with Crippen molar-refractivity contribution in [1.82, 2.24) is 4.90 Å². The minimum Gasteiger partial charge on any atom is -0.380 e. The van der Waals surface area contributed by atoms with Gasteiger partial charge < -0.3 is 9.64 Å². The van der Waals surface area contributed by atoms with E-state index in [9.17, 15) is 0 Å². The van der Waals surface area contributed by atoms with E-state index < -0.39 is 0 Å². The average Bonchev–Trinajstić information content (AvgIpc) is 2.60. The number of rotatable bonds is 10. The van der Waals surface area contributed by atoms with Gasteiger partial charge in [-0.05, 0) is 54.8 Å². The van der Waals surface area contributed by atoms with Crippen LogP contribution in [-0.4, -0.2) is 37.7 Å². The summed E-state index contributed by atoms with van der Waals surface area (Å²) < 4.78 is 5.75. The largest absolute Gasteiger partial charge is 0.380 e. The first kappa shape index (κ1) is 19.0. The molecule has 130 valence electrons. The van der Waals surface area contributed by atoms with Gasteiger partial charge in [-0.15, -0.1) is 0 Å². The SMILES string of the molecule is CCN(CC)CCOCCc1ccc(Cc2cccc(Cl)c2)cc1. The fourth-order valence-corrected chi connectivity index (χ4v) is 2.94. The van der Waals surface area contributed by atoms with Crippen LogP contribution in [0.25, 0.3) is 0 Å². The number of hydrogen-bond donors (Lipinski definition) is 0. The smallest absolute Gasteiger partial charge is 0.0593 e. The third-order valence-corrected chi connectivity index (χ3v) is 4.54. The molecule has 3 heteroatoms. The summed E-state index contributed by atoms with van der Waals surface area (Å²) in [5, 5.41) is 0.797. The normalized spacial score (nSPS) is 11.2. The lowest BCUT2D eigenvalue weighted by atomic mass is 10.0. The Hall–Kier alpha value is -1.35. The van der Waals surface area contributed by atoms with Gasteiger partial charge in [0, 0.05) is 11.6 Å². The van der Waals surface area contributed by atoms with Crippen LogP contribution in [0.15, 0.2) is 48.5 Å². The zero-order chi connectivity index (χ0) is 17.2. The molecule has 0 aliphatic carbocycles. The maximum absolute atomic E-state index is 6.04. The number of likely N-dealkylation sites (N-methyl/N-ethyl adjacent to an activating group) is 1. The molecule has 0 N–H and O–H groups in total. The van der Waals surface area contributed by atoms with Crippen LogP contribution in [0.1, 0.15) is 30.5 Å². The Morgan fingerprint density at radius 3 is 2.25 bits per heavy atom. The summed E-state index contributed by atoms with van der Waals surface area (Å²) in [7, 11) is 0. The molecule has 24 heavy (non-hydrogen) atoms. The van der Waals surface area contributed by atoms with Crippen LogP contribution in [0, 0.1) is 0 Å². The van der Waals surface area contributed by atoms with Gasteiger partial charge in [-0.2, -0.15) is 0 Å². The summed E-state index contributed by atoms with van der Waals surface area (Å²) in [6.45, 7) is 9.18. The third-order valence-electron chi connectivity index (χ3n) is 4.30. The standard InChI is InChI=1S/C21H28ClNO/c1-3-23(4-2)13-15-24-14-12-18-8-10-19(11-9-18)16-20-6-5-7-21(22)17-20/h5-11,17H,3-4,12-16H2,1-2H3. The summed E-state index contributed by atoms with van der Waals surface area (Å²) in [5.41, 5.74) is 3.88. The van der Waals surface area contributed by atoms with Crippen LogP contribution in [-0.2, 0) is 17.6 Å². The van der Waals surface area contributed by atoms with E-state index in [0.717, 1.165) is 50.7 Å². The monoisotopic (exact) mass is 345 g/mol. The Balaban J connectivity index is 1.72. The lowest BCUT2D eigenvalue weighted by Crippen LogP contribution is -2.27. The minimum absolute atomic E-state index is 0.787. The molecule has 2 aromatic carbocycles. The van der Waals surface area contributed by atoms with Crippen LogP contribution in [0.4, 0.5) is 0 Å². The van der Waals surface area contributed by atoms with E-state index in [1.807, 2.05) is 18.2 Å². The van der Waals surface area contributed by atoms with Gasteiger partial charge in [0.25, 0.3) is 0 Å². The Bertz CT molecular complexity index is 593. The number of ether oxygens (including phenoxy) is 1. The van der Waals surface area contributed by atoms with Gasteiger partial charge in [-0.1, -0.05) is 61.8 Å². The molecule has 0 bridgehead atoms. The van der Waals surface area contributed by atoms with E-state index in [1.165, 1.54) is 16.7 Å². The molecule has 0 aliphatic rings. The molecule has 0 amide bonds. The lowest BCUT2D eigenvalue weighted by Gasteiger charge is -2.17. The first-order valence-electron chi connectivity index (χ1n) is 8.83. The fourth-order valence-electron chi connectivity index (χ4n) is 2.73. The Morgan fingerprint density at radius 2 is 1.58 bits per heavy atom. The second kappa shape index (κ2) is 10.5. The maximum Gasteiger partial charge on any atom is 0.0593 e. The molecule has 0 heterocycles. The highest BCUT2D eigenvalue weighted by atomic mass is 35.5. The highest BCUT2D eigenvalue weighted by molar-refractivity contribution is 6.30. The second-order valence-corrected chi connectivity index (χ2v) is 6.45. The molecule has 0 aromatic heterocycles. The highest BCUT2D eigenvalue weighted by Crippen LogP contribution is 2.15. The quantitative estimate of drug-likeness (QED) is 0.572. The summed E-state index contributed by atoms with van der Waals surface area (Å²) in [5.74, 6) is 0. The van der Waals surface area contributed by atoms with Crippen molar-refractivity contribution in [2.75, 3.05) is 32.8 Å². The number of hydrogen-bond acceptors (Lipinski definition) is 2. The Labute approximate surface area is 151 Å². The lowest BCUT2D eigenvalue weighted by molar-refractivity contribution is 0.109. The average molecular weight is 346 g/mol. The maximum atomic E-state index is 6.04. The van der Waals surface area contributed by atoms with Gasteiger partial charge in [-0.3, -0.25) is 0 Å². The van der Waals surface area contributed by atoms with E-state index in [-0.39, 0.29) is 0 Å². The van der Waals surface area contributed by atoms with Gasteiger partial charge in [0.05, 0.1) is 13.2 Å². The van der Waals surface area contributed by atoms with Crippen LogP contribution in [0.3, 0.4) is 0 Å². The van der Waals surface area contributed by atoms with Crippen molar-refractivity contribution < 1.29 is 4.74 Å². The number of halogens is 1. The van der Waals surface area contributed by atoms with Crippen molar-refractivity contribution in [1.29, 1.82) is 0 Å². The van der Waals surface area contributed by atoms with E-state index in [0.29, 0.717) is 0 Å². The van der Waals surface area contributed by atoms with Gasteiger partial charge >= 0.3 is 0 Å². The molecule has 0 atom stereocenters. The number of nitrogens with zero attached hydrogens (tertiary/aromatic N) is 1. The molecule has 0 radical (unpaired) electrons. The highest BCUT2D eigenvalue weighted by Gasteiger charge is 2.00. The van der Waals surface area contributed by atoms with Crippen molar-refractivity contribution >= 4 is 11.6 Å². The molecular weight excluding hydrogens is 318 g/mol. The summed E-state index contributed by atoms with van der Waals surface area (Å²) in [6, 6.07) is 16.9. The zero-order valence-electron chi connectivity index (χ0n) is 14.8. The fraction of sp³-hybridized carbons (Fsp3) is 0.429. The van der Waals surface area contributed by atoms with Crippen molar-refractivity contribution in [2.24, 2.45) is 0 Å². The van der Waals surface area contributed by atoms with Crippen molar-refractivity contribution in [3.05, 3.63) is 70.2 Å². The summed E-state index contributed by atoms with van der Waals surface area (Å²) in [6.07, 6.45) is 1.89. The molecule has 2 nitrogen and oxygen atoms in total. The number of benzene rings is 2. The molecule has 0 unspecified atom stereocenters. The van der Waals surface area contributed by atoms with E-state index in [4.69, 9.17) is 16.3 Å². The second-order valence-electron chi connectivity index (χ2n) is 6.01. The predicted octanol–water partition coefficient (Wildman–Crippen LogP) is 4.83. The van der Waals surface area contributed by atoms with Crippen LogP contribution >= 0.6 is 11.6 Å². The van der Waals surface area contributed by atoms with Gasteiger partial charge in [-0.25, -0.2) is 0 Å². The van der Waals surface area contributed by atoms with Crippen LogP contribution < -0.4 is 0 Å². The topological polar surface area (TPSA) is 12.5 Å². The molecule has 0 saturated carbocycles. The predicted molar refractivity (Wildman–Crippen MR) is 103 cm³/mol. The molecule has 0 aliphatic heterocycles. The molecule has 0 spiro atoms. The van der Waals surface area contributed by atoms with Crippen molar-refractivity contribution in [2.45, 2.75) is 26.7 Å². The molecule has 2 rings (SSSR count). The Morgan fingerprint density at radius 1 is 0.875 bits per heavy atom. The molecular formula is C21H28ClNO. The molecule has 0 saturated heterocycles. The molecule has 0 fully saturated rings. The van der Waals surface area contributed by atoms with Gasteiger partial charge in [0.15, 0.2) is 0 Å². The van der Waals surface area contributed by atoms with Crippen molar-refractivity contribution in [3.63, 3.8) is 0 Å².